The van der Waals surface area contributed by atoms with Crippen LogP contribution in [0.5, 0.6) is 0 Å². The van der Waals surface area contributed by atoms with Gasteiger partial charge in [0.1, 0.15) is 0 Å². The average molecular weight is 487 g/mol. The smallest absolute Gasteiger partial charge is 0.0698 e. The molecule has 0 spiro atoms. The lowest BCUT2D eigenvalue weighted by molar-refractivity contribution is 0.0562. The van der Waals surface area contributed by atoms with Gasteiger partial charge < -0.3 is 19.7 Å². The average Bonchev–Trinajstić information content (AvgIpc) is 2.83. The minimum atomic E-state index is 0. The second-order valence-corrected chi connectivity index (χ2v) is 8.72. The molecule has 3 rings (SSSR count). The highest BCUT2D eigenvalue weighted by atomic mass is 35.5. The first-order valence-electron chi connectivity index (χ1n) is 12.1. The number of halogens is 1. The molecule has 0 aromatic heterocycles. The first-order valence-corrected chi connectivity index (χ1v) is 12.1. The Kier molecular flexibility index (Phi) is 14.4. The van der Waals surface area contributed by atoms with Crippen molar-refractivity contribution in [3.05, 3.63) is 35.4 Å². The summed E-state index contributed by atoms with van der Waals surface area (Å²) in [7, 11) is 0. The fourth-order valence-electron chi connectivity index (χ4n) is 4.33. The Morgan fingerprint density at radius 1 is 0.545 bits per heavy atom. The van der Waals surface area contributed by atoms with Gasteiger partial charge in [-0.3, -0.25) is 19.6 Å². The second kappa shape index (κ2) is 16.8. The number of aliphatic hydroxyl groups is 2. The van der Waals surface area contributed by atoms with Gasteiger partial charge in [-0.05, 0) is 11.1 Å². The van der Waals surface area contributed by atoms with Gasteiger partial charge in [-0.1, -0.05) is 24.3 Å². The third kappa shape index (κ3) is 11.0. The van der Waals surface area contributed by atoms with Crippen LogP contribution in [0.15, 0.2) is 24.3 Å². The lowest BCUT2D eigenvalue weighted by atomic mass is 10.1. The molecular weight excluding hydrogens is 444 g/mol. The standard InChI is InChI=1S/C24H42N4O4.ClH/c29-15-19-31-17-13-25-5-9-27(10-6-25)21-23-1-2-24(4-3-23)22-28-11-7-26(8-12-28)14-18-32-20-16-30;/h1-4,29-30H,5-22H2;1H. The molecule has 33 heavy (non-hydrogen) atoms. The fraction of sp³-hybridized carbons (Fsp3) is 0.750. The molecule has 0 amide bonds. The first-order chi connectivity index (χ1) is 15.8. The highest BCUT2D eigenvalue weighted by Crippen LogP contribution is 2.13. The quantitative estimate of drug-likeness (QED) is 0.365. The Labute approximate surface area is 205 Å². The number of benzene rings is 1. The molecule has 8 nitrogen and oxygen atoms in total. The molecule has 0 atom stereocenters. The zero-order chi connectivity index (χ0) is 22.4. The third-order valence-corrected chi connectivity index (χ3v) is 6.34. The molecule has 2 aliphatic rings. The molecule has 190 valence electrons. The first kappa shape index (κ1) is 28.4. The Morgan fingerprint density at radius 2 is 0.879 bits per heavy atom. The number of aliphatic hydroxyl groups excluding tert-OH is 2. The minimum Gasteiger partial charge on any atom is -0.394 e. The van der Waals surface area contributed by atoms with Gasteiger partial charge in [-0.2, -0.15) is 0 Å². The summed E-state index contributed by atoms with van der Waals surface area (Å²) in [6.45, 7) is 15.1. The van der Waals surface area contributed by atoms with E-state index in [9.17, 15) is 0 Å². The second-order valence-electron chi connectivity index (χ2n) is 8.72. The molecule has 0 saturated carbocycles. The zero-order valence-electron chi connectivity index (χ0n) is 19.9. The highest BCUT2D eigenvalue weighted by molar-refractivity contribution is 5.85. The maximum Gasteiger partial charge on any atom is 0.0698 e. The number of rotatable bonds is 14. The summed E-state index contributed by atoms with van der Waals surface area (Å²) in [5, 5.41) is 17.5. The van der Waals surface area contributed by atoms with E-state index >= 15 is 0 Å². The zero-order valence-corrected chi connectivity index (χ0v) is 20.8. The number of hydrogen-bond donors (Lipinski definition) is 2. The molecule has 2 saturated heterocycles. The Bertz CT molecular complexity index is 556. The van der Waals surface area contributed by atoms with E-state index in [1.165, 1.54) is 11.1 Å². The molecule has 2 N–H and O–H groups in total. The van der Waals surface area contributed by atoms with Crippen molar-refractivity contribution in [3.8, 4) is 0 Å². The van der Waals surface area contributed by atoms with Crippen LogP contribution in [0.3, 0.4) is 0 Å². The van der Waals surface area contributed by atoms with Crippen molar-refractivity contribution in [2.45, 2.75) is 13.1 Å². The van der Waals surface area contributed by atoms with Crippen LogP contribution in [0.25, 0.3) is 0 Å². The van der Waals surface area contributed by atoms with E-state index in [2.05, 4.69) is 43.9 Å². The van der Waals surface area contributed by atoms with Crippen molar-refractivity contribution in [1.29, 1.82) is 0 Å². The molecule has 0 aliphatic carbocycles. The number of piperazine rings is 2. The molecule has 0 unspecified atom stereocenters. The summed E-state index contributed by atoms with van der Waals surface area (Å²) in [4.78, 5) is 9.95. The van der Waals surface area contributed by atoms with Crippen LogP contribution in [0.2, 0.25) is 0 Å². The summed E-state index contributed by atoms with van der Waals surface area (Å²) < 4.78 is 10.8. The van der Waals surface area contributed by atoms with Gasteiger partial charge in [0.2, 0.25) is 0 Å². The van der Waals surface area contributed by atoms with Crippen molar-refractivity contribution in [3.63, 3.8) is 0 Å². The molecule has 1 aromatic rings. The Balaban J connectivity index is 0.00000385. The van der Waals surface area contributed by atoms with Gasteiger partial charge in [0.25, 0.3) is 0 Å². The third-order valence-electron chi connectivity index (χ3n) is 6.34. The predicted molar refractivity (Wildman–Crippen MR) is 133 cm³/mol. The van der Waals surface area contributed by atoms with Gasteiger partial charge in [-0.15, -0.1) is 12.4 Å². The molecule has 2 fully saturated rings. The van der Waals surface area contributed by atoms with E-state index in [1.807, 2.05) is 0 Å². The lowest BCUT2D eigenvalue weighted by Crippen LogP contribution is -2.47. The maximum absolute atomic E-state index is 8.77. The summed E-state index contributed by atoms with van der Waals surface area (Å²) in [6, 6.07) is 9.16. The SMILES string of the molecule is Cl.OCCOCCN1CCN(Cc2ccc(CN3CCN(CCOCCO)CC3)cc2)CC1. The van der Waals surface area contributed by atoms with Crippen LogP contribution in [-0.2, 0) is 22.6 Å². The molecule has 1 aromatic carbocycles. The number of ether oxygens (including phenoxy) is 2. The van der Waals surface area contributed by atoms with Crippen LogP contribution in [0.1, 0.15) is 11.1 Å². The summed E-state index contributed by atoms with van der Waals surface area (Å²) >= 11 is 0. The molecule has 0 radical (unpaired) electrons. The summed E-state index contributed by atoms with van der Waals surface area (Å²) in [5.74, 6) is 0. The van der Waals surface area contributed by atoms with Crippen molar-refractivity contribution in [2.75, 3.05) is 105 Å². The number of hydrogen-bond acceptors (Lipinski definition) is 8. The minimum absolute atomic E-state index is 0. The molecule has 0 bridgehead atoms. The van der Waals surface area contributed by atoms with E-state index in [0.717, 1.165) is 78.5 Å². The van der Waals surface area contributed by atoms with E-state index in [1.54, 1.807) is 0 Å². The molecular formula is C24H43ClN4O4. The maximum atomic E-state index is 8.77. The van der Waals surface area contributed by atoms with Gasteiger partial charge in [0, 0.05) is 78.5 Å². The monoisotopic (exact) mass is 486 g/mol. The van der Waals surface area contributed by atoms with Crippen LogP contribution in [0, 0.1) is 0 Å². The lowest BCUT2D eigenvalue weighted by Gasteiger charge is -2.35. The molecule has 2 heterocycles. The van der Waals surface area contributed by atoms with Crippen molar-refractivity contribution < 1.29 is 19.7 Å². The predicted octanol–water partition coefficient (Wildman–Crippen LogP) is 0.361. The van der Waals surface area contributed by atoms with Crippen molar-refractivity contribution in [2.24, 2.45) is 0 Å². The van der Waals surface area contributed by atoms with Crippen LogP contribution >= 0.6 is 12.4 Å². The Morgan fingerprint density at radius 3 is 1.21 bits per heavy atom. The van der Waals surface area contributed by atoms with Crippen LogP contribution < -0.4 is 0 Å². The van der Waals surface area contributed by atoms with Gasteiger partial charge in [0.15, 0.2) is 0 Å². The topological polar surface area (TPSA) is 71.9 Å². The Hall–Kier alpha value is -0.810. The summed E-state index contributed by atoms with van der Waals surface area (Å²) in [5.41, 5.74) is 2.78. The summed E-state index contributed by atoms with van der Waals surface area (Å²) in [6.07, 6.45) is 0. The number of nitrogens with zero attached hydrogens (tertiary/aromatic N) is 4. The highest BCUT2D eigenvalue weighted by Gasteiger charge is 2.18. The van der Waals surface area contributed by atoms with Gasteiger partial charge in [0.05, 0.1) is 39.6 Å². The fourth-order valence-corrected chi connectivity index (χ4v) is 4.33. The normalized spacial score (nSPS) is 19.0. The largest absolute Gasteiger partial charge is 0.394 e. The molecule has 2 aliphatic heterocycles. The van der Waals surface area contributed by atoms with E-state index in [-0.39, 0.29) is 25.6 Å². The van der Waals surface area contributed by atoms with Gasteiger partial charge in [-0.25, -0.2) is 0 Å². The van der Waals surface area contributed by atoms with E-state index in [4.69, 9.17) is 19.7 Å². The van der Waals surface area contributed by atoms with E-state index in [0.29, 0.717) is 26.4 Å². The van der Waals surface area contributed by atoms with Crippen molar-refractivity contribution >= 4 is 12.4 Å². The van der Waals surface area contributed by atoms with Crippen molar-refractivity contribution in [1.82, 2.24) is 19.6 Å². The van der Waals surface area contributed by atoms with Gasteiger partial charge >= 0.3 is 0 Å². The van der Waals surface area contributed by atoms with Crippen LogP contribution in [0.4, 0.5) is 0 Å². The van der Waals surface area contributed by atoms with E-state index < -0.39 is 0 Å². The van der Waals surface area contributed by atoms with Crippen LogP contribution in [-0.4, -0.2) is 135 Å². The molecule has 9 heteroatoms.